The van der Waals surface area contributed by atoms with Gasteiger partial charge in [0.2, 0.25) is 0 Å². The molecule has 2 heteroatoms. The lowest BCUT2D eigenvalue weighted by Crippen LogP contribution is -2.07. The molecule has 172 valence electrons. The van der Waals surface area contributed by atoms with E-state index in [0.717, 1.165) is 12.8 Å². The van der Waals surface area contributed by atoms with Gasteiger partial charge < -0.3 is 4.74 Å². The molecule has 0 amide bonds. The number of hydrogen-bond acceptors (Lipinski definition) is 2. The molecule has 1 aliphatic carbocycles. The molecule has 0 radical (unpaired) electrons. The average Bonchev–Trinajstić information content (AvgIpc) is 3.45. The van der Waals surface area contributed by atoms with Crippen LogP contribution in [0.25, 0.3) is 0 Å². The van der Waals surface area contributed by atoms with E-state index in [-0.39, 0.29) is 12.1 Å². The van der Waals surface area contributed by atoms with Crippen molar-refractivity contribution < 1.29 is 9.53 Å². The molecular weight excluding hydrogens is 356 g/mol. The topological polar surface area (TPSA) is 26.3 Å². The van der Waals surface area contributed by atoms with E-state index in [1.54, 1.807) is 0 Å². The van der Waals surface area contributed by atoms with Crippen molar-refractivity contribution in [3.8, 4) is 0 Å². The summed E-state index contributed by atoms with van der Waals surface area (Å²) in [5, 5.41) is 0. The smallest absolute Gasteiger partial charge is 0.306 e. The Hall–Kier alpha value is -0.530. The van der Waals surface area contributed by atoms with Gasteiger partial charge in [-0.15, -0.1) is 0 Å². The minimum absolute atomic E-state index is 0.0588. The minimum atomic E-state index is 0.0588. The fourth-order valence-corrected chi connectivity index (χ4v) is 4.37. The van der Waals surface area contributed by atoms with Crippen molar-refractivity contribution in [2.75, 3.05) is 0 Å². The molecule has 0 bridgehead atoms. The van der Waals surface area contributed by atoms with Gasteiger partial charge in [-0.05, 0) is 25.2 Å². The van der Waals surface area contributed by atoms with Gasteiger partial charge in [-0.3, -0.25) is 4.79 Å². The maximum Gasteiger partial charge on any atom is 0.306 e. The highest BCUT2D eigenvalue weighted by Gasteiger charge is 2.39. The molecule has 1 saturated carbocycles. The molecule has 0 aromatic rings. The summed E-state index contributed by atoms with van der Waals surface area (Å²) < 4.78 is 5.64. The van der Waals surface area contributed by atoms with E-state index in [1.165, 1.54) is 122 Å². The first-order chi connectivity index (χ1) is 14.3. The molecule has 0 aliphatic heterocycles. The van der Waals surface area contributed by atoms with Gasteiger partial charge in [0.1, 0.15) is 6.10 Å². The van der Waals surface area contributed by atoms with Crippen LogP contribution in [-0.4, -0.2) is 12.1 Å². The summed E-state index contributed by atoms with van der Waals surface area (Å²) in [5.74, 6) is 0.736. The minimum Gasteiger partial charge on any atom is -0.462 e. The molecular formula is C27H52O2. The van der Waals surface area contributed by atoms with Crippen molar-refractivity contribution >= 4 is 5.97 Å². The summed E-state index contributed by atoms with van der Waals surface area (Å²) in [6.07, 6.45) is 28.9. The van der Waals surface area contributed by atoms with Gasteiger partial charge in [0, 0.05) is 6.42 Å². The van der Waals surface area contributed by atoms with Gasteiger partial charge in [-0.25, -0.2) is 0 Å². The third kappa shape index (κ3) is 16.9. The lowest BCUT2D eigenvalue weighted by molar-refractivity contribution is -0.145. The number of unbranched alkanes of at least 4 members (excludes halogenated alkanes) is 17. The van der Waals surface area contributed by atoms with Crippen LogP contribution in [0.4, 0.5) is 0 Å². The van der Waals surface area contributed by atoms with Crippen molar-refractivity contribution in [3.05, 3.63) is 0 Å². The van der Waals surface area contributed by atoms with E-state index < -0.39 is 0 Å². The Morgan fingerprint density at radius 3 is 1.52 bits per heavy atom. The lowest BCUT2D eigenvalue weighted by Gasteiger charge is -2.05. The molecule has 29 heavy (non-hydrogen) atoms. The molecule has 2 atom stereocenters. The van der Waals surface area contributed by atoms with E-state index in [1.807, 2.05) is 0 Å². The van der Waals surface area contributed by atoms with E-state index in [0.29, 0.717) is 12.3 Å². The zero-order valence-corrected chi connectivity index (χ0v) is 20.0. The second kappa shape index (κ2) is 19.4. The molecule has 0 aromatic heterocycles. The third-order valence-electron chi connectivity index (χ3n) is 6.55. The average molecular weight is 409 g/mol. The normalized spacial score (nSPS) is 18.1. The Labute approximate surface area is 182 Å². The summed E-state index contributed by atoms with van der Waals surface area (Å²) in [5.41, 5.74) is 0. The highest BCUT2D eigenvalue weighted by atomic mass is 16.5. The number of hydrogen-bond donors (Lipinski definition) is 0. The van der Waals surface area contributed by atoms with Gasteiger partial charge in [0.05, 0.1) is 0 Å². The van der Waals surface area contributed by atoms with Crippen LogP contribution in [0.15, 0.2) is 0 Å². The summed E-state index contributed by atoms with van der Waals surface area (Å²) in [6.45, 7) is 4.55. The monoisotopic (exact) mass is 408 g/mol. The largest absolute Gasteiger partial charge is 0.462 e. The van der Waals surface area contributed by atoms with Crippen LogP contribution in [0, 0.1) is 5.92 Å². The zero-order valence-electron chi connectivity index (χ0n) is 20.0. The van der Waals surface area contributed by atoms with Crippen LogP contribution in [-0.2, 0) is 9.53 Å². The molecule has 0 aromatic carbocycles. The second-order valence-electron chi connectivity index (χ2n) is 9.57. The zero-order chi connectivity index (χ0) is 21.0. The van der Waals surface area contributed by atoms with Gasteiger partial charge in [-0.1, -0.05) is 129 Å². The predicted molar refractivity (Wildman–Crippen MR) is 126 cm³/mol. The van der Waals surface area contributed by atoms with Crippen molar-refractivity contribution in [1.82, 2.24) is 0 Å². The number of esters is 1. The Morgan fingerprint density at radius 1 is 0.621 bits per heavy atom. The molecule has 0 N–H and O–H groups in total. The molecule has 2 nitrogen and oxygen atoms in total. The first kappa shape index (κ1) is 26.5. The number of rotatable bonds is 22. The number of carbonyl (C=O) groups is 1. The van der Waals surface area contributed by atoms with E-state index in [4.69, 9.17) is 4.74 Å². The maximum atomic E-state index is 12.0. The predicted octanol–water partition coefficient (Wildman–Crippen LogP) is 9.15. The SMILES string of the molecule is CCCCCCCCCCCCCCCC(=O)OC1CC1CCCCCCCC. The Kier molecular flexibility index (Phi) is 17.8. The van der Waals surface area contributed by atoms with Crippen molar-refractivity contribution in [2.24, 2.45) is 5.92 Å². The van der Waals surface area contributed by atoms with Crippen molar-refractivity contribution in [1.29, 1.82) is 0 Å². The Balaban J connectivity index is 1.77. The lowest BCUT2D eigenvalue weighted by atomic mass is 10.0. The standard InChI is InChI=1S/C27H52O2/c1-3-5-7-9-11-12-13-14-15-16-17-19-21-23-27(28)29-26-24-25(26)22-20-18-10-8-6-4-2/h25-26H,3-24H2,1-2H3. The van der Waals surface area contributed by atoms with E-state index >= 15 is 0 Å². The van der Waals surface area contributed by atoms with Crippen molar-refractivity contribution in [2.45, 2.75) is 161 Å². The molecule has 0 spiro atoms. The van der Waals surface area contributed by atoms with Gasteiger partial charge in [-0.2, -0.15) is 0 Å². The maximum absolute atomic E-state index is 12.0. The highest BCUT2D eigenvalue weighted by Crippen LogP contribution is 2.38. The van der Waals surface area contributed by atoms with Crippen LogP contribution in [0.5, 0.6) is 0 Å². The van der Waals surface area contributed by atoms with Gasteiger partial charge in [0.25, 0.3) is 0 Å². The summed E-state index contributed by atoms with van der Waals surface area (Å²) in [6, 6.07) is 0. The van der Waals surface area contributed by atoms with E-state index in [9.17, 15) is 4.79 Å². The van der Waals surface area contributed by atoms with Crippen LogP contribution < -0.4 is 0 Å². The third-order valence-corrected chi connectivity index (χ3v) is 6.55. The summed E-state index contributed by atoms with van der Waals surface area (Å²) in [7, 11) is 0. The fraction of sp³-hybridized carbons (Fsp3) is 0.963. The van der Waals surface area contributed by atoms with Crippen LogP contribution in [0.1, 0.15) is 155 Å². The van der Waals surface area contributed by atoms with Crippen LogP contribution in [0.2, 0.25) is 0 Å². The fourth-order valence-electron chi connectivity index (χ4n) is 4.37. The van der Waals surface area contributed by atoms with Gasteiger partial charge >= 0.3 is 5.97 Å². The van der Waals surface area contributed by atoms with Gasteiger partial charge in [0.15, 0.2) is 0 Å². The van der Waals surface area contributed by atoms with Crippen LogP contribution >= 0.6 is 0 Å². The Bertz CT molecular complexity index is 366. The summed E-state index contributed by atoms with van der Waals surface area (Å²) >= 11 is 0. The highest BCUT2D eigenvalue weighted by molar-refractivity contribution is 5.69. The molecule has 1 fully saturated rings. The number of carbonyl (C=O) groups excluding carboxylic acids is 1. The van der Waals surface area contributed by atoms with E-state index in [2.05, 4.69) is 13.8 Å². The molecule has 2 unspecified atom stereocenters. The molecule has 1 rings (SSSR count). The first-order valence-corrected chi connectivity index (χ1v) is 13.5. The summed E-state index contributed by atoms with van der Waals surface area (Å²) in [4.78, 5) is 12.0. The van der Waals surface area contributed by atoms with Crippen molar-refractivity contribution in [3.63, 3.8) is 0 Å². The molecule has 0 heterocycles. The second-order valence-corrected chi connectivity index (χ2v) is 9.57. The Morgan fingerprint density at radius 2 is 1.03 bits per heavy atom. The quantitative estimate of drug-likeness (QED) is 0.132. The number of ether oxygens (including phenoxy) is 1. The molecule has 1 aliphatic rings. The molecule has 0 saturated heterocycles. The van der Waals surface area contributed by atoms with Crippen LogP contribution in [0.3, 0.4) is 0 Å². The first-order valence-electron chi connectivity index (χ1n) is 13.5.